The van der Waals surface area contributed by atoms with Gasteiger partial charge in [-0.3, -0.25) is 0 Å². The van der Waals surface area contributed by atoms with E-state index in [-0.39, 0.29) is 12.0 Å². The molecule has 0 radical (unpaired) electrons. The number of nitrogen functional groups attached to an aromatic ring is 1. The fourth-order valence-corrected chi connectivity index (χ4v) is 4.18. The van der Waals surface area contributed by atoms with Gasteiger partial charge in [0.25, 0.3) is 0 Å². The van der Waals surface area contributed by atoms with Gasteiger partial charge in [-0.1, -0.05) is 6.92 Å². The molecule has 4 rings (SSSR count). The lowest BCUT2D eigenvalue weighted by molar-refractivity contribution is 0.142. The zero-order chi connectivity index (χ0) is 23.7. The minimum Gasteiger partial charge on any atom is -0.465 e. The van der Waals surface area contributed by atoms with Crippen molar-refractivity contribution in [2.75, 3.05) is 42.1 Å². The monoisotopic (exact) mass is 449 g/mol. The molecule has 3 aromatic rings. The first-order chi connectivity index (χ1) is 15.8. The molecule has 11 heteroatoms. The molecule has 4 N–H and O–H groups in total. The quantitative estimate of drug-likeness (QED) is 0.533. The maximum Gasteiger partial charge on any atom is 0.407 e. The Morgan fingerprint density at radius 3 is 2.67 bits per heavy atom. The largest absolute Gasteiger partial charge is 0.465 e. The van der Waals surface area contributed by atoms with Gasteiger partial charge in [-0.05, 0) is 25.5 Å². The van der Waals surface area contributed by atoms with Gasteiger partial charge in [-0.15, -0.1) is 0 Å². The van der Waals surface area contributed by atoms with E-state index in [2.05, 4.69) is 32.3 Å². The molecule has 33 heavy (non-hydrogen) atoms. The van der Waals surface area contributed by atoms with Crippen molar-refractivity contribution in [3.05, 3.63) is 35.3 Å². The average molecular weight is 450 g/mol. The number of nitrogens with zero attached hydrogens (tertiary/aromatic N) is 7. The first-order valence-electron chi connectivity index (χ1n) is 10.8. The second-order valence-electron chi connectivity index (χ2n) is 8.06. The molecule has 1 saturated heterocycles. The van der Waals surface area contributed by atoms with Gasteiger partial charge in [0.1, 0.15) is 17.5 Å². The van der Waals surface area contributed by atoms with Crippen LogP contribution in [-0.4, -0.2) is 61.8 Å². The highest BCUT2D eigenvalue weighted by atomic mass is 16.4. The Morgan fingerprint density at radius 1 is 1.30 bits per heavy atom. The van der Waals surface area contributed by atoms with Crippen LogP contribution in [0.25, 0.3) is 11.0 Å². The van der Waals surface area contributed by atoms with Crippen molar-refractivity contribution in [2.24, 2.45) is 7.05 Å². The van der Waals surface area contributed by atoms with Crippen molar-refractivity contribution >= 4 is 34.6 Å². The number of carbonyl (C=O) groups is 1. The molecule has 1 fully saturated rings. The number of hydrogen-bond acceptors (Lipinski definition) is 8. The fraction of sp³-hybridized carbons (Fsp3) is 0.409. The molecule has 0 aromatic carbocycles. The van der Waals surface area contributed by atoms with Gasteiger partial charge >= 0.3 is 6.09 Å². The molecule has 1 atom stereocenters. The highest BCUT2D eigenvalue weighted by molar-refractivity contribution is 5.81. The molecule has 11 nitrogen and oxygen atoms in total. The number of aromatic nitrogens is 4. The highest BCUT2D eigenvalue weighted by Gasteiger charge is 2.26. The van der Waals surface area contributed by atoms with Crippen LogP contribution in [-0.2, 0) is 13.5 Å². The van der Waals surface area contributed by atoms with Gasteiger partial charge < -0.3 is 30.5 Å². The first kappa shape index (κ1) is 22.1. The van der Waals surface area contributed by atoms with Crippen molar-refractivity contribution in [1.29, 1.82) is 5.26 Å². The number of piperazine rings is 1. The second-order valence-corrected chi connectivity index (χ2v) is 8.06. The van der Waals surface area contributed by atoms with Gasteiger partial charge in [-0.25, -0.2) is 14.8 Å². The molecule has 0 bridgehead atoms. The number of anilines is 3. The van der Waals surface area contributed by atoms with E-state index >= 15 is 0 Å². The van der Waals surface area contributed by atoms with Crippen molar-refractivity contribution in [1.82, 2.24) is 24.4 Å². The number of pyridine rings is 1. The molecular formula is C22H27N9O2. The summed E-state index contributed by atoms with van der Waals surface area (Å²) in [6.45, 7) is 5.83. The lowest BCUT2D eigenvalue weighted by Gasteiger charge is -2.36. The van der Waals surface area contributed by atoms with Crippen LogP contribution in [0.5, 0.6) is 0 Å². The smallest absolute Gasteiger partial charge is 0.407 e. The van der Waals surface area contributed by atoms with E-state index in [1.54, 1.807) is 0 Å². The molecule has 172 valence electrons. The van der Waals surface area contributed by atoms with Gasteiger partial charge in [0, 0.05) is 39.4 Å². The summed E-state index contributed by atoms with van der Waals surface area (Å²) in [5, 5.41) is 22.3. The van der Waals surface area contributed by atoms with Crippen LogP contribution >= 0.6 is 0 Å². The van der Waals surface area contributed by atoms with Crippen LogP contribution < -0.4 is 16.0 Å². The first-order valence-corrected chi connectivity index (χ1v) is 10.8. The lowest BCUT2D eigenvalue weighted by Crippen LogP contribution is -2.48. The number of fused-ring (bicyclic) bond motifs is 1. The maximum absolute atomic E-state index is 11.3. The number of carboxylic acid groups (broad SMARTS) is 1. The van der Waals surface area contributed by atoms with Gasteiger partial charge in [-0.2, -0.15) is 10.2 Å². The van der Waals surface area contributed by atoms with E-state index in [4.69, 9.17) is 10.7 Å². The van der Waals surface area contributed by atoms with Crippen LogP contribution in [0.4, 0.5) is 22.2 Å². The summed E-state index contributed by atoms with van der Waals surface area (Å²) >= 11 is 0. The maximum atomic E-state index is 11.3. The molecule has 0 aliphatic carbocycles. The molecule has 1 aliphatic heterocycles. The zero-order valence-electron chi connectivity index (χ0n) is 18.9. The molecule has 0 spiro atoms. The van der Waals surface area contributed by atoms with Gasteiger partial charge in [0.2, 0.25) is 5.95 Å². The van der Waals surface area contributed by atoms with Crippen molar-refractivity contribution in [3.63, 3.8) is 0 Å². The fourth-order valence-electron chi connectivity index (χ4n) is 4.18. The number of nitrogens with two attached hydrogens (primary N) is 1. The Balaban J connectivity index is 1.73. The summed E-state index contributed by atoms with van der Waals surface area (Å²) in [6, 6.07) is 5.93. The predicted molar refractivity (Wildman–Crippen MR) is 125 cm³/mol. The Bertz CT molecular complexity index is 1240. The summed E-state index contributed by atoms with van der Waals surface area (Å²) in [4.78, 5) is 28.3. The SMILES string of the molecule is CCc1nc(N)nc(N[C@@H](C)c2nc3ccn(C)c3cc2N2CCN(C(=O)O)CC2)c1C#N. The average Bonchev–Trinajstić information content (AvgIpc) is 3.17. The number of amides is 1. The van der Waals surface area contributed by atoms with Crippen LogP contribution in [0.15, 0.2) is 18.3 Å². The topological polar surface area (TPSA) is 149 Å². The van der Waals surface area contributed by atoms with Crippen LogP contribution in [0, 0.1) is 11.3 Å². The molecule has 1 aliphatic rings. The third-order valence-corrected chi connectivity index (χ3v) is 5.98. The van der Waals surface area contributed by atoms with Gasteiger partial charge in [0.15, 0.2) is 0 Å². The normalized spacial score (nSPS) is 14.8. The molecule has 4 heterocycles. The van der Waals surface area contributed by atoms with Crippen molar-refractivity contribution in [2.45, 2.75) is 26.3 Å². The highest BCUT2D eigenvalue weighted by Crippen LogP contribution is 2.32. The third-order valence-electron chi connectivity index (χ3n) is 5.98. The molecule has 0 saturated carbocycles. The number of rotatable bonds is 5. The van der Waals surface area contributed by atoms with Gasteiger partial charge in [0.05, 0.1) is 34.2 Å². The Kier molecular flexibility index (Phi) is 5.91. The zero-order valence-corrected chi connectivity index (χ0v) is 18.9. The van der Waals surface area contributed by atoms with Crippen molar-refractivity contribution in [3.8, 4) is 6.07 Å². The van der Waals surface area contributed by atoms with Crippen LogP contribution in [0.3, 0.4) is 0 Å². The molecule has 0 unspecified atom stereocenters. The van der Waals surface area contributed by atoms with E-state index in [0.29, 0.717) is 49.7 Å². The summed E-state index contributed by atoms with van der Waals surface area (Å²) < 4.78 is 2.01. The Hall–Kier alpha value is -4.07. The summed E-state index contributed by atoms with van der Waals surface area (Å²) in [7, 11) is 1.96. The molecule has 1 amide bonds. The summed E-state index contributed by atoms with van der Waals surface area (Å²) in [5.41, 5.74) is 10.4. The van der Waals surface area contributed by atoms with Crippen LogP contribution in [0.2, 0.25) is 0 Å². The van der Waals surface area contributed by atoms with Crippen molar-refractivity contribution < 1.29 is 9.90 Å². The van der Waals surface area contributed by atoms with E-state index in [1.165, 1.54) is 4.90 Å². The summed E-state index contributed by atoms with van der Waals surface area (Å²) in [5.74, 6) is 0.489. The number of nitriles is 1. The number of aryl methyl sites for hydroxylation is 2. The standard InChI is InChI=1S/C22H27N9O2/c1-4-15-14(12-23)20(28-21(24)27-15)25-13(2)19-18(11-17-16(26-19)5-6-29(17)3)30-7-9-31(10-8-30)22(32)33/h5-6,11,13H,4,7-10H2,1-3H3,(H,32,33)(H3,24,25,27,28)/t13-/m0/s1. The minimum absolute atomic E-state index is 0.108. The minimum atomic E-state index is -0.905. The number of hydrogen-bond donors (Lipinski definition) is 3. The number of nitrogens with one attached hydrogen (secondary N) is 1. The Morgan fingerprint density at radius 2 is 2.03 bits per heavy atom. The van der Waals surface area contributed by atoms with E-state index < -0.39 is 6.09 Å². The molecule has 3 aromatic heterocycles. The second kappa shape index (κ2) is 8.82. The van der Waals surface area contributed by atoms with E-state index in [0.717, 1.165) is 22.4 Å². The predicted octanol–water partition coefficient (Wildman–Crippen LogP) is 2.35. The van der Waals surface area contributed by atoms with E-state index in [9.17, 15) is 15.2 Å². The molecular weight excluding hydrogens is 422 g/mol. The van der Waals surface area contributed by atoms with E-state index in [1.807, 2.05) is 37.7 Å². The Labute approximate surface area is 191 Å². The van der Waals surface area contributed by atoms with Crippen LogP contribution in [0.1, 0.15) is 36.8 Å². The summed E-state index contributed by atoms with van der Waals surface area (Å²) in [6.07, 6.45) is 1.61. The lowest BCUT2D eigenvalue weighted by atomic mass is 10.1. The third kappa shape index (κ3) is 4.19.